The van der Waals surface area contributed by atoms with Crippen LogP contribution in [0.3, 0.4) is 0 Å². The van der Waals surface area contributed by atoms with Crippen LogP contribution in [0.4, 0.5) is 0 Å². The molecule has 2 saturated carbocycles. The second kappa shape index (κ2) is 3.39. The van der Waals surface area contributed by atoms with Crippen LogP contribution in [0.5, 0.6) is 0 Å². The fourth-order valence-corrected chi connectivity index (χ4v) is 2.91. The lowest BCUT2D eigenvalue weighted by atomic mass is 9.92. The van der Waals surface area contributed by atoms with Gasteiger partial charge in [0, 0.05) is 25.9 Å². The number of Topliss-reactive ketones (excluding diaryl/α,β-unsaturated/α-hetero) is 1. The van der Waals surface area contributed by atoms with Gasteiger partial charge in [-0.25, -0.2) is 0 Å². The van der Waals surface area contributed by atoms with Crippen LogP contribution in [0.2, 0.25) is 0 Å². The van der Waals surface area contributed by atoms with E-state index in [4.69, 9.17) is 4.74 Å². The van der Waals surface area contributed by atoms with Gasteiger partial charge >= 0.3 is 0 Å². The van der Waals surface area contributed by atoms with E-state index in [1.807, 2.05) is 0 Å². The summed E-state index contributed by atoms with van der Waals surface area (Å²) in [5.74, 6) is 1.38. The summed E-state index contributed by atoms with van der Waals surface area (Å²) in [7, 11) is 1.65. The standard InChI is InChI=1S/C10H16O3/c1-13-5-9-8-4-7(11)2-6(8)3-10(9)12/h6,8-10,12H,2-5H2,1H3/t6-,8-,9?,10?/m1/s1. The zero-order valence-electron chi connectivity index (χ0n) is 7.90. The largest absolute Gasteiger partial charge is 0.393 e. The number of fused-ring (bicyclic) bond motifs is 1. The number of methoxy groups -OCH3 is 1. The third-order valence-electron chi connectivity index (χ3n) is 3.51. The first-order valence-corrected chi connectivity index (χ1v) is 4.91. The molecule has 0 aromatic carbocycles. The third kappa shape index (κ3) is 1.51. The predicted octanol–water partition coefficient (Wildman–Crippen LogP) is 0.609. The molecule has 1 N–H and O–H groups in total. The van der Waals surface area contributed by atoms with Crippen molar-refractivity contribution in [2.45, 2.75) is 25.4 Å². The molecule has 0 saturated heterocycles. The highest BCUT2D eigenvalue weighted by atomic mass is 16.5. The number of ether oxygens (including phenoxy) is 1. The van der Waals surface area contributed by atoms with Crippen molar-refractivity contribution in [2.24, 2.45) is 17.8 Å². The Labute approximate surface area is 78.1 Å². The SMILES string of the molecule is COCC1C(O)C[C@H]2CC(=O)C[C@@H]12. The molecule has 0 aromatic rings. The van der Waals surface area contributed by atoms with Gasteiger partial charge in [-0.3, -0.25) is 4.79 Å². The molecule has 13 heavy (non-hydrogen) atoms. The molecular formula is C10H16O3. The van der Waals surface area contributed by atoms with Gasteiger partial charge in [-0.2, -0.15) is 0 Å². The predicted molar refractivity (Wildman–Crippen MR) is 47.2 cm³/mol. The van der Waals surface area contributed by atoms with Gasteiger partial charge in [-0.05, 0) is 18.3 Å². The Morgan fingerprint density at radius 1 is 1.54 bits per heavy atom. The summed E-state index contributed by atoms with van der Waals surface area (Å²) >= 11 is 0. The molecule has 2 rings (SSSR count). The van der Waals surface area contributed by atoms with Crippen molar-refractivity contribution in [3.05, 3.63) is 0 Å². The van der Waals surface area contributed by atoms with E-state index in [0.717, 1.165) is 6.42 Å². The Balaban J connectivity index is 2.05. The lowest BCUT2D eigenvalue weighted by molar-refractivity contribution is -0.118. The van der Waals surface area contributed by atoms with Gasteiger partial charge in [-0.15, -0.1) is 0 Å². The lowest BCUT2D eigenvalue weighted by Gasteiger charge is -2.18. The van der Waals surface area contributed by atoms with Gasteiger partial charge in [0.05, 0.1) is 12.7 Å². The smallest absolute Gasteiger partial charge is 0.133 e. The third-order valence-corrected chi connectivity index (χ3v) is 3.51. The highest BCUT2D eigenvalue weighted by molar-refractivity contribution is 5.81. The average Bonchev–Trinajstić information content (AvgIpc) is 2.52. The van der Waals surface area contributed by atoms with Gasteiger partial charge in [0.1, 0.15) is 5.78 Å². The van der Waals surface area contributed by atoms with Gasteiger partial charge in [0.25, 0.3) is 0 Å². The summed E-state index contributed by atoms with van der Waals surface area (Å²) in [6.45, 7) is 0.593. The first-order valence-electron chi connectivity index (χ1n) is 4.91. The summed E-state index contributed by atoms with van der Waals surface area (Å²) in [6.07, 6.45) is 1.89. The first kappa shape index (κ1) is 9.16. The number of hydrogen-bond acceptors (Lipinski definition) is 3. The van der Waals surface area contributed by atoms with E-state index in [1.165, 1.54) is 0 Å². The monoisotopic (exact) mass is 184 g/mol. The Morgan fingerprint density at radius 3 is 3.00 bits per heavy atom. The topological polar surface area (TPSA) is 46.5 Å². The van der Waals surface area contributed by atoms with Crippen LogP contribution < -0.4 is 0 Å². The number of aliphatic hydroxyl groups excluding tert-OH is 1. The van der Waals surface area contributed by atoms with Gasteiger partial charge in [0.15, 0.2) is 0 Å². The van der Waals surface area contributed by atoms with Crippen LogP contribution >= 0.6 is 0 Å². The van der Waals surface area contributed by atoms with Crippen molar-refractivity contribution < 1.29 is 14.6 Å². The highest BCUT2D eigenvalue weighted by Gasteiger charge is 2.47. The molecule has 0 bridgehead atoms. The number of aliphatic hydroxyl groups is 1. The molecule has 2 unspecified atom stereocenters. The highest BCUT2D eigenvalue weighted by Crippen LogP contribution is 2.46. The van der Waals surface area contributed by atoms with E-state index in [0.29, 0.717) is 37.1 Å². The number of carbonyl (C=O) groups is 1. The van der Waals surface area contributed by atoms with Crippen LogP contribution in [0, 0.1) is 17.8 Å². The van der Waals surface area contributed by atoms with E-state index in [9.17, 15) is 9.90 Å². The Kier molecular flexibility index (Phi) is 2.39. The van der Waals surface area contributed by atoms with Crippen molar-refractivity contribution in [1.82, 2.24) is 0 Å². The first-order chi connectivity index (χ1) is 6.22. The minimum atomic E-state index is -0.247. The number of rotatable bonds is 2. The van der Waals surface area contributed by atoms with Crippen LogP contribution in [-0.4, -0.2) is 30.7 Å². The van der Waals surface area contributed by atoms with Crippen molar-refractivity contribution >= 4 is 5.78 Å². The van der Waals surface area contributed by atoms with E-state index in [2.05, 4.69) is 0 Å². The number of hydrogen-bond donors (Lipinski definition) is 1. The molecule has 0 radical (unpaired) electrons. The lowest BCUT2D eigenvalue weighted by Crippen LogP contribution is -2.24. The molecule has 4 atom stereocenters. The quantitative estimate of drug-likeness (QED) is 0.684. The van der Waals surface area contributed by atoms with Gasteiger partial charge in [-0.1, -0.05) is 0 Å². The van der Waals surface area contributed by atoms with Crippen LogP contribution in [-0.2, 0) is 9.53 Å². The van der Waals surface area contributed by atoms with Gasteiger partial charge < -0.3 is 9.84 Å². The second-order valence-electron chi connectivity index (χ2n) is 4.29. The minimum absolute atomic E-state index is 0.196. The average molecular weight is 184 g/mol. The molecule has 0 aliphatic heterocycles. The Morgan fingerprint density at radius 2 is 2.31 bits per heavy atom. The summed E-state index contributed by atoms with van der Waals surface area (Å²) in [5.41, 5.74) is 0. The summed E-state index contributed by atoms with van der Waals surface area (Å²) in [6, 6.07) is 0. The maximum Gasteiger partial charge on any atom is 0.133 e. The fraction of sp³-hybridized carbons (Fsp3) is 0.900. The molecule has 0 spiro atoms. The van der Waals surface area contributed by atoms with E-state index in [-0.39, 0.29) is 12.0 Å². The van der Waals surface area contributed by atoms with E-state index < -0.39 is 0 Å². The zero-order valence-corrected chi connectivity index (χ0v) is 7.90. The molecule has 74 valence electrons. The van der Waals surface area contributed by atoms with Crippen molar-refractivity contribution in [3.63, 3.8) is 0 Å². The molecule has 3 heteroatoms. The minimum Gasteiger partial charge on any atom is -0.393 e. The van der Waals surface area contributed by atoms with E-state index >= 15 is 0 Å². The molecule has 3 nitrogen and oxygen atoms in total. The van der Waals surface area contributed by atoms with Crippen LogP contribution in [0.25, 0.3) is 0 Å². The summed E-state index contributed by atoms with van der Waals surface area (Å²) in [5, 5.41) is 9.72. The molecule has 2 aliphatic rings. The van der Waals surface area contributed by atoms with Crippen molar-refractivity contribution in [2.75, 3.05) is 13.7 Å². The van der Waals surface area contributed by atoms with Crippen molar-refractivity contribution in [1.29, 1.82) is 0 Å². The van der Waals surface area contributed by atoms with Gasteiger partial charge in [0.2, 0.25) is 0 Å². The molecule has 2 aliphatic carbocycles. The van der Waals surface area contributed by atoms with Crippen molar-refractivity contribution in [3.8, 4) is 0 Å². The van der Waals surface area contributed by atoms with Crippen LogP contribution in [0.15, 0.2) is 0 Å². The number of carbonyl (C=O) groups excluding carboxylic acids is 1. The zero-order chi connectivity index (χ0) is 9.42. The Hall–Kier alpha value is -0.410. The molecular weight excluding hydrogens is 168 g/mol. The molecule has 0 amide bonds. The molecule has 0 aromatic heterocycles. The van der Waals surface area contributed by atoms with Crippen LogP contribution in [0.1, 0.15) is 19.3 Å². The maximum atomic E-state index is 11.2. The summed E-state index contributed by atoms with van der Waals surface area (Å²) < 4.78 is 5.07. The summed E-state index contributed by atoms with van der Waals surface area (Å²) in [4.78, 5) is 11.2. The van der Waals surface area contributed by atoms with E-state index in [1.54, 1.807) is 7.11 Å². The molecule has 2 fully saturated rings. The fourth-order valence-electron chi connectivity index (χ4n) is 2.91. The normalized spacial score (nSPS) is 44.0. The number of ketones is 1. The molecule has 0 heterocycles. The Bertz CT molecular complexity index is 214. The second-order valence-corrected chi connectivity index (χ2v) is 4.29. The maximum absolute atomic E-state index is 11.2.